The zero-order valence-electron chi connectivity index (χ0n) is 10.1. The van der Waals surface area contributed by atoms with Crippen LogP contribution in [0.15, 0.2) is 30.3 Å². The normalized spacial score (nSPS) is 14.7. The summed E-state index contributed by atoms with van der Waals surface area (Å²) in [6.07, 6.45) is 3.32. The monoisotopic (exact) mass is 222 g/mol. The summed E-state index contributed by atoms with van der Waals surface area (Å²) < 4.78 is 5.23. The molecule has 16 heavy (non-hydrogen) atoms. The maximum absolute atomic E-state index is 5.56. The highest BCUT2D eigenvalue weighted by Gasteiger charge is 2.09. The molecule has 1 aromatic carbocycles. The van der Waals surface area contributed by atoms with Gasteiger partial charge in [-0.05, 0) is 31.7 Å². The van der Waals surface area contributed by atoms with Gasteiger partial charge in [-0.2, -0.15) is 0 Å². The van der Waals surface area contributed by atoms with Crippen molar-refractivity contribution in [1.29, 1.82) is 0 Å². The van der Waals surface area contributed by atoms with Crippen LogP contribution in [0.2, 0.25) is 0 Å². The SMILES string of the molecule is COC(C)CCC(Cc1ccccc1)NN. The van der Waals surface area contributed by atoms with E-state index in [-0.39, 0.29) is 0 Å². The van der Waals surface area contributed by atoms with Crippen LogP contribution in [-0.4, -0.2) is 19.3 Å². The molecule has 0 radical (unpaired) electrons. The number of methoxy groups -OCH3 is 1. The van der Waals surface area contributed by atoms with Gasteiger partial charge in [0.2, 0.25) is 0 Å². The Labute approximate surface area is 98.0 Å². The molecule has 0 saturated carbocycles. The van der Waals surface area contributed by atoms with Crippen molar-refractivity contribution in [2.75, 3.05) is 7.11 Å². The zero-order valence-corrected chi connectivity index (χ0v) is 10.1. The van der Waals surface area contributed by atoms with Crippen molar-refractivity contribution in [1.82, 2.24) is 5.43 Å². The van der Waals surface area contributed by atoms with Crippen molar-refractivity contribution >= 4 is 0 Å². The minimum absolute atomic E-state index is 0.298. The average Bonchev–Trinajstić information content (AvgIpc) is 2.35. The fourth-order valence-corrected chi connectivity index (χ4v) is 1.70. The highest BCUT2D eigenvalue weighted by Crippen LogP contribution is 2.09. The number of nitrogens with two attached hydrogens (primary N) is 1. The first-order valence-corrected chi connectivity index (χ1v) is 5.79. The maximum atomic E-state index is 5.56. The van der Waals surface area contributed by atoms with Crippen LogP contribution in [-0.2, 0) is 11.2 Å². The van der Waals surface area contributed by atoms with E-state index in [2.05, 4.69) is 36.6 Å². The molecule has 0 aliphatic rings. The minimum atomic E-state index is 0.298. The summed E-state index contributed by atoms with van der Waals surface area (Å²) in [7, 11) is 1.74. The number of hydrogen-bond acceptors (Lipinski definition) is 3. The van der Waals surface area contributed by atoms with Crippen LogP contribution >= 0.6 is 0 Å². The first kappa shape index (κ1) is 13.2. The van der Waals surface area contributed by atoms with Crippen LogP contribution in [0.3, 0.4) is 0 Å². The largest absolute Gasteiger partial charge is 0.382 e. The fraction of sp³-hybridized carbons (Fsp3) is 0.538. The summed E-state index contributed by atoms with van der Waals surface area (Å²) in [5.74, 6) is 5.56. The van der Waals surface area contributed by atoms with Crippen LogP contribution in [0, 0.1) is 0 Å². The van der Waals surface area contributed by atoms with Crippen LogP contribution < -0.4 is 11.3 Å². The second-order valence-electron chi connectivity index (χ2n) is 4.18. The van der Waals surface area contributed by atoms with Crippen LogP contribution in [0.4, 0.5) is 0 Å². The van der Waals surface area contributed by atoms with Crippen molar-refractivity contribution in [3.63, 3.8) is 0 Å². The van der Waals surface area contributed by atoms with Gasteiger partial charge in [-0.3, -0.25) is 11.3 Å². The Morgan fingerprint density at radius 1 is 1.25 bits per heavy atom. The highest BCUT2D eigenvalue weighted by atomic mass is 16.5. The van der Waals surface area contributed by atoms with Crippen molar-refractivity contribution in [2.45, 2.75) is 38.3 Å². The van der Waals surface area contributed by atoms with Gasteiger partial charge in [0.1, 0.15) is 0 Å². The van der Waals surface area contributed by atoms with E-state index in [1.807, 2.05) is 6.07 Å². The lowest BCUT2D eigenvalue weighted by Crippen LogP contribution is -2.37. The quantitative estimate of drug-likeness (QED) is 0.547. The van der Waals surface area contributed by atoms with Gasteiger partial charge in [0.25, 0.3) is 0 Å². The first-order chi connectivity index (χ1) is 7.76. The third-order valence-electron chi connectivity index (χ3n) is 2.88. The molecule has 1 rings (SSSR count). The Kier molecular flexibility index (Phi) is 6.08. The molecule has 2 unspecified atom stereocenters. The van der Waals surface area contributed by atoms with Crippen LogP contribution in [0.25, 0.3) is 0 Å². The summed E-state index contributed by atoms with van der Waals surface area (Å²) in [6, 6.07) is 10.7. The molecule has 3 heteroatoms. The molecule has 0 aliphatic heterocycles. The van der Waals surface area contributed by atoms with Gasteiger partial charge in [0.05, 0.1) is 6.10 Å². The molecule has 3 N–H and O–H groups in total. The molecule has 0 aromatic heterocycles. The van der Waals surface area contributed by atoms with Gasteiger partial charge >= 0.3 is 0 Å². The Morgan fingerprint density at radius 2 is 1.94 bits per heavy atom. The highest BCUT2D eigenvalue weighted by molar-refractivity contribution is 5.15. The summed E-state index contributed by atoms with van der Waals surface area (Å²) in [5, 5.41) is 0. The lowest BCUT2D eigenvalue weighted by atomic mass is 10.0. The van der Waals surface area contributed by atoms with E-state index in [1.54, 1.807) is 7.11 Å². The summed E-state index contributed by atoms with van der Waals surface area (Å²) in [4.78, 5) is 0. The molecule has 1 aromatic rings. The number of nitrogens with one attached hydrogen (secondary N) is 1. The second-order valence-corrected chi connectivity index (χ2v) is 4.18. The lowest BCUT2D eigenvalue weighted by molar-refractivity contribution is 0.106. The summed E-state index contributed by atoms with van der Waals surface area (Å²) in [5.41, 5.74) is 4.19. The number of hydrogen-bond donors (Lipinski definition) is 2. The summed E-state index contributed by atoms with van der Waals surface area (Å²) in [6.45, 7) is 2.08. The molecule has 0 saturated heterocycles. The number of ether oxygens (including phenoxy) is 1. The van der Waals surface area contributed by atoms with E-state index in [9.17, 15) is 0 Å². The van der Waals surface area contributed by atoms with Gasteiger partial charge in [0.15, 0.2) is 0 Å². The van der Waals surface area contributed by atoms with E-state index in [0.717, 1.165) is 19.3 Å². The topological polar surface area (TPSA) is 47.3 Å². The molecule has 0 fully saturated rings. The number of benzene rings is 1. The predicted molar refractivity (Wildman–Crippen MR) is 67.0 cm³/mol. The van der Waals surface area contributed by atoms with Crippen LogP contribution in [0.1, 0.15) is 25.3 Å². The lowest BCUT2D eigenvalue weighted by Gasteiger charge is -2.18. The Bertz CT molecular complexity index is 277. The first-order valence-electron chi connectivity index (χ1n) is 5.79. The molecule has 0 spiro atoms. The Morgan fingerprint density at radius 3 is 2.50 bits per heavy atom. The second kappa shape index (κ2) is 7.39. The van der Waals surface area contributed by atoms with E-state index in [4.69, 9.17) is 10.6 Å². The molecule has 0 amide bonds. The molecule has 0 bridgehead atoms. The van der Waals surface area contributed by atoms with Crippen molar-refractivity contribution in [3.8, 4) is 0 Å². The van der Waals surface area contributed by atoms with E-state index in [0.29, 0.717) is 12.1 Å². The van der Waals surface area contributed by atoms with E-state index < -0.39 is 0 Å². The molecule has 2 atom stereocenters. The number of hydrazine groups is 1. The smallest absolute Gasteiger partial charge is 0.0543 e. The van der Waals surface area contributed by atoms with Gasteiger partial charge in [-0.25, -0.2) is 0 Å². The molecule has 0 aliphatic carbocycles. The third-order valence-corrected chi connectivity index (χ3v) is 2.88. The average molecular weight is 222 g/mol. The zero-order chi connectivity index (χ0) is 11.8. The van der Waals surface area contributed by atoms with E-state index >= 15 is 0 Å². The van der Waals surface area contributed by atoms with Gasteiger partial charge < -0.3 is 4.74 Å². The molecule has 0 heterocycles. The minimum Gasteiger partial charge on any atom is -0.382 e. The Balaban J connectivity index is 2.37. The third kappa shape index (κ3) is 4.75. The van der Waals surface area contributed by atoms with Crippen molar-refractivity contribution in [3.05, 3.63) is 35.9 Å². The maximum Gasteiger partial charge on any atom is 0.0543 e. The van der Waals surface area contributed by atoms with Crippen molar-refractivity contribution < 1.29 is 4.74 Å². The fourth-order valence-electron chi connectivity index (χ4n) is 1.70. The van der Waals surface area contributed by atoms with E-state index in [1.165, 1.54) is 5.56 Å². The molecular formula is C13H22N2O. The molecule has 90 valence electrons. The van der Waals surface area contributed by atoms with Gasteiger partial charge in [-0.1, -0.05) is 30.3 Å². The van der Waals surface area contributed by atoms with Crippen LogP contribution in [0.5, 0.6) is 0 Å². The summed E-state index contributed by atoms with van der Waals surface area (Å²) >= 11 is 0. The molecular weight excluding hydrogens is 200 g/mol. The van der Waals surface area contributed by atoms with Gasteiger partial charge in [0, 0.05) is 13.2 Å². The van der Waals surface area contributed by atoms with Crippen molar-refractivity contribution in [2.24, 2.45) is 5.84 Å². The standard InChI is InChI=1S/C13H22N2O/c1-11(16-2)8-9-13(15-14)10-12-6-4-3-5-7-12/h3-7,11,13,15H,8-10,14H2,1-2H3. The predicted octanol–water partition coefficient (Wildman–Crippen LogP) is 1.88. The molecule has 3 nitrogen and oxygen atoms in total. The Hall–Kier alpha value is -0.900. The number of rotatable bonds is 7. The van der Waals surface area contributed by atoms with Gasteiger partial charge in [-0.15, -0.1) is 0 Å².